The van der Waals surface area contributed by atoms with Crippen LogP contribution in [0.25, 0.3) is 0 Å². The summed E-state index contributed by atoms with van der Waals surface area (Å²) in [6.45, 7) is 7.58. The Morgan fingerprint density at radius 2 is 1.96 bits per heavy atom. The number of hydrogen-bond acceptors (Lipinski definition) is 4. The summed E-state index contributed by atoms with van der Waals surface area (Å²) in [6.07, 6.45) is 2.59. The van der Waals surface area contributed by atoms with E-state index in [2.05, 4.69) is 24.0 Å². The summed E-state index contributed by atoms with van der Waals surface area (Å²) in [4.78, 5) is 41.1. The van der Waals surface area contributed by atoms with E-state index in [1.54, 1.807) is 6.92 Å². The van der Waals surface area contributed by atoms with Crippen molar-refractivity contribution in [2.75, 3.05) is 6.54 Å². The second kappa shape index (κ2) is 6.53. The Kier molecular flexibility index (Phi) is 4.60. The molecule has 1 N–H and O–H groups in total. The number of carbonyl (C=O) groups is 3. The first kappa shape index (κ1) is 16.9. The third-order valence-electron chi connectivity index (χ3n) is 5.79. The molecule has 7 heteroatoms. The van der Waals surface area contributed by atoms with Gasteiger partial charge in [0.25, 0.3) is 5.91 Å². The van der Waals surface area contributed by atoms with Crippen molar-refractivity contribution in [2.24, 2.45) is 22.7 Å². The lowest BCUT2D eigenvalue weighted by atomic mass is 10.1. The van der Waals surface area contributed by atoms with Crippen molar-refractivity contribution in [3.05, 3.63) is 0 Å². The van der Waals surface area contributed by atoms with Crippen molar-refractivity contribution in [1.82, 2.24) is 10.2 Å². The molecule has 2 saturated carbocycles. The lowest BCUT2D eigenvalue weighted by molar-refractivity contribution is -0.138. The molecule has 0 radical (unpaired) electrons. The van der Waals surface area contributed by atoms with E-state index in [1.807, 2.05) is 0 Å². The van der Waals surface area contributed by atoms with Crippen LogP contribution in [0.3, 0.4) is 0 Å². The second-order valence-electron chi connectivity index (χ2n) is 7.24. The number of carbonyl (C=O) groups excluding carboxylic acids is 3. The molecule has 0 aromatic heterocycles. The quantitative estimate of drug-likeness (QED) is 0.786. The van der Waals surface area contributed by atoms with E-state index >= 15 is 0 Å². The molecule has 2 aliphatic carbocycles. The van der Waals surface area contributed by atoms with Gasteiger partial charge in [-0.3, -0.25) is 9.59 Å². The number of nitrogens with one attached hydrogen (secondary N) is 1. The molecule has 132 valence electrons. The Morgan fingerprint density at radius 1 is 1.29 bits per heavy atom. The summed E-state index contributed by atoms with van der Waals surface area (Å²) in [6, 6.07) is -1.29. The van der Waals surface area contributed by atoms with Crippen molar-refractivity contribution < 1.29 is 19.1 Å². The Hall–Kier alpha value is -1.92. The molecule has 1 aliphatic heterocycles. The molecule has 24 heavy (non-hydrogen) atoms. The second-order valence-corrected chi connectivity index (χ2v) is 7.24. The highest BCUT2D eigenvalue weighted by molar-refractivity contribution is 5.93. The molecule has 4 atom stereocenters. The number of likely N-dealkylation sites (tertiary alicyclic amines) is 1. The molecule has 3 fully saturated rings. The van der Waals surface area contributed by atoms with Crippen molar-refractivity contribution in [2.45, 2.75) is 57.7 Å². The molecule has 3 rings (SSSR count). The maximum absolute atomic E-state index is 12.5. The van der Waals surface area contributed by atoms with Gasteiger partial charge in [-0.1, -0.05) is 6.92 Å². The lowest BCUT2D eigenvalue weighted by Crippen LogP contribution is -2.50. The van der Waals surface area contributed by atoms with Crippen LogP contribution in [0, 0.1) is 17.8 Å². The van der Waals surface area contributed by atoms with Crippen molar-refractivity contribution in [1.29, 1.82) is 0 Å². The van der Waals surface area contributed by atoms with Crippen molar-refractivity contribution in [3.63, 3.8) is 0 Å². The highest BCUT2D eigenvalue weighted by atomic mass is 16.6. The van der Waals surface area contributed by atoms with E-state index in [-0.39, 0.29) is 12.0 Å². The SMILES string of the molecule is C=NC(=O)C1CCCN1C(=O)C(C)NC(=O)OC1CC2C(C)C2C1. The van der Waals surface area contributed by atoms with Gasteiger partial charge in [-0.2, -0.15) is 0 Å². The predicted octanol–water partition coefficient (Wildman–Crippen LogP) is 1.36. The van der Waals surface area contributed by atoms with Crippen LogP contribution in [0.5, 0.6) is 0 Å². The molecule has 1 saturated heterocycles. The van der Waals surface area contributed by atoms with Gasteiger partial charge in [-0.05, 0) is 57.1 Å². The van der Waals surface area contributed by atoms with Gasteiger partial charge >= 0.3 is 6.09 Å². The molecule has 7 nitrogen and oxygen atoms in total. The zero-order valence-electron chi connectivity index (χ0n) is 14.2. The number of amides is 3. The standard InChI is InChI=1S/C17H25N3O4/c1-9-12-7-11(8-13(9)12)24-17(23)19-10(2)16(22)20-6-4-5-14(20)15(21)18-3/h9-14H,3-8H2,1-2H3,(H,19,23). The fourth-order valence-corrected chi connectivity index (χ4v) is 4.28. The molecule has 3 amide bonds. The number of hydrogen-bond donors (Lipinski definition) is 1. The molecular formula is C17H25N3O4. The van der Waals surface area contributed by atoms with Crippen LogP contribution in [-0.4, -0.2) is 54.3 Å². The number of ether oxygens (including phenoxy) is 1. The van der Waals surface area contributed by atoms with Crippen LogP contribution >= 0.6 is 0 Å². The predicted molar refractivity (Wildman–Crippen MR) is 87.5 cm³/mol. The van der Waals surface area contributed by atoms with Crippen molar-refractivity contribution in [3.8, 4) is 0 Å². The van der Waals surface area contributed by atoms with Gasteiger partial charge < -0.3 is 15.0 Å². The molecule has 0 bridgehead atoms. The monoisotopic (exact) mass is 335 g/mol. The van der Waals surface area contributed by atoms with Gasteiger partial charge in [0.05, 0.1) is 0 Å². The molecular weight excluding hydrogens is 310 g/mol. The van der Waals surface area contributed by atoms with Gasteiger partial charge in [0, 0.05) is 6.54 Å². The Bertz CT molecular complexity index is 552. The highest BCUT2D eigenvalue weighted by Crippen LogP contribution is 2.57. The van der Waals surface area contributed by atoms with Crippen LogP contribution in [0.15, 0.2) is 4.99 Å². The summed E-state index contributed by atoms with van der Waals surface area (Å²) in [5.74, 6) is 1.48. The zero-order valence-corrected chi connectivity index (χ0v) is 14.2. The average molecular weight is 335 g/mol. The first-order valence-corrected chi connectivity index (χ1v) is 8.70. The van der Waals surface area contributed by atoms with Gasteiger partial charge in [0.2, 0.25) is 5.91 Å². The van der Waals surface area contributed by atoms with Gasteiger partial charge in [0.1, 0.15) is 18.2 Å². The van der Waals surface area contributed by atoms with E-state index in [1.165, 1.54) is 4.90 Å². The van der Waals surface area contributed by atoms with Crippen LogP contribution in [-0.2, 0) is 14.3 Å². The van der Waals surface area contributed by atoms with E-state index < -0.39 is 24.1 Å². The Morgan fingerprint density at radius 3 is 2.58 bits per heavy atom. The third kappa shape index (κ3) is 3.16. The number of rotatable bonds is 4. The van der Waals surface area contributed by atoms with Gasteiger partial charge in [-0.25, -0.2) is 9.79 Å². The first-order chi connectivity index (χ1) is 11.4. The number of nitrogens with zero attached hydrogens (tertiary/aromatic N) is 2. The third-order valence-corrected chi connectivity index (χ3v) is 5.79. The molecule has 4 unspecified atom stereocenters. The minimum atomic E-state index is -0.731. The summed E-state index contributed by atoms with van der Waals surface area (Å²) in [7, 11) is 0. The van der Waals surface area contributed by atoms with E-state index in [0.29, 0.717) is 24.8 Å². The summed E-state index contributed by atoms with van der Waals surface area (Å²) < 4.78 is 5.42. The zero-order chi connectivity index (χ0) is 17.4. The van der Waals surface area contributed by atoms with Crippen LogP contribution < -0.4 is 5.32 Å². The first-order valence-electron chi connectivity index (χ1n) is 8.70. The molecule has 0 aromatic carbocycles. The van der Waals surface area contributed by atoms with E-state index in [4.69, 9.17) is 4.74 Å². The fourth-order valence-electron chi connectivity index (χ4n) is 4.28. The largest absolute Gasteiger partial charge is 0.446 e. The minimum absolute atomic E-state index is 0.0374. The number of fused-ring (bicyclic) bond motifs is 1. The summed E-state index contributed by atoms with van der Waals surface area (Å²) in [5.41, 5.74) is 0. The minimum Gasteiger partial charge on any atom is -0.446 e. The van der Waals surface area contributed by atoms with E-state index in [0.717, 1.165) is 25.2 Å². The lowest BCUT2D eigenvalue weighted by Gasteiger charge is -2.26. The maximum atomic E-state index is 12.5. The number of aliphatic imine (C=N–C) groups is 1. The maximum Gasteiger partial charge on any atom is 0.408 e. The number of alkyl carbamates (subject to hydrolysis) is 1. The molecule has 3 aliphatic rings. The van der Waals surface area contributed by atoms with Gasteiger partial charge in [0.15, 0.2) is 0 Å². The van der Waals surface area contributed by atoms with Gasteiger partial charge in [-0.15, -0.1) is 0 Å². The Balaban J connectivity index is 1.48. The normalized spacial score (nSPS) is 35.1. The fraction of sp³-hybridized carbons (Fsp3) is 0.765. The Labute approximate surface area is 141 Å². The topological polar surface area (TPSA) is 88.1 Å². The summed E-state index contributed by atoms with van der Waals surface area (Å²) >= 11 is 0. The molecule has 0 spiro atoms. The van der Waals surface area contributed by atoms with Crippen LogP contribution in [0.4, 0.5) is 4.79 Å². The highest BCUT2D eigenvalue weighted by Gasteiger charge is 2.54. The van der Waals surface area contributed by atoms with Crippen molar-refractivity contribution >= 4 is 24.6 Å². The van der Waals surface area contributed by atoms with Crippen LogP contribution in [0.2, 0.25) is 0 Å². The molecule has 0 aromatic rings. The molecule has 1 heterocycles. The summed E-state index contributed by atoms with van der Waals surface area (Å²) in [5, 5.41) is 2.59. The van der Waals surface area contributed by atoms with Crippen LogP contribution in [0.1, 0.15) is 39.5 Å². The van der Waals surface area contributed by atoms with E-state index in [9.17, 15) is 14.4 Å². The average Bonchev–Trinajstić information content (AvgIpc) is 2.97. The smallest absolute Gasteiger partial charge is 0.408 e.